The Labute approximate surface area is 196 Å². The number of carbonyl (C=O) groups is 1. The van der Waals surface area contributed by atoms with Crippen LogP contribution >= 0.6 is 31.9 Å². The van der Waals surface area contributed by atoms with Crippen LogP contribution in [0.1, 0.15) is 21.5 Å². The number of aromatic nitrogens is 4. The highest BCUT2D eigenvalue weighted by Crippen LogP contribution is 2.17. The molecule has 0 aliphatic carbocycles. The van der Waals surface area contributed by atoms with Crippen molar-refractivity contribution in [3.8, 4) is 0 Å². The largest absolute Gasteiger partial charge is 0.350 e. The van der Waals surface area contributed by atoms with Crippen molar-refractivity contribution in [2.75, 3.05) is 10.6 Å². The number of anilines is 2. The van der Waals surface area contributed by atoms with Gasteiger partial charge in [-0.3, -0.25) is 9.78 Å². The molecule has 9 heteroatoms. The molecule has 0 fully saturated rings. The fraction of sp³-hybridized carbons (Fsp3) is 0.0909. The van der Waals surface area contributed by atoms with Gasteiger partial charge >= 0.3 is 0 Å². The Kier molecular flexibility index (Phi) is 6.73. The molecule has 0 aliphatic heterocycles. The van der Waals surface area contributed by atoms with Gasteiger partial charge < -0.3 is 10.6 Å². The molecule has 31 heavy (non-hydrogen) atoms. The molecule has 7 nitrogen and oxygen atoms in total. The van der Waals surface area contributed by atoms with Gasteiger partial charge in [0.15, 0.2) is 0 Å². The van der Waals surface area contributed by atoms with Crippen LogP contribution in [-0.4, -0.2) is 25.7 Å². The third kappa shape index (κ3) is 5.56. The highest BCUT2D eigenvalue weighted by molar-refractivity contribution is 9.10. The molecule has 0 spiro atoms. The normalized spacial score (nSPS) is 10.6. The summed E-state index contributed by atoms with van der Waals surface area (Å²) in [6.45, 7) is 1.01. The smallest absolute Gasteiger partial charge is 0.283 e. The van der Waals surface area contributed by atoms with E-state index in [1.807, 2.05) is 48.5 Å². The summed E-state index contributed by atoms with van der Waals surface area (Å²) in [6.07, 6.45) is 3.13. The van der Waals surface area contributed by atoms with E-state index in [0.717, 1.165) is 20.1 Å². The number of rotatable bonds is 7. The third-order valence-corrected chi connectivity index (χ3v) is 5.37. The van der Waals surface area contributed by atoms with E-state index >= 15 is 0 Å². The van der Waals surface area contributed by atoms with Gasteiger partial charge in [-0.25, -0.2) is 0 Å². The van der Waals surface area contributed by atoms with Crippen molar-refractivity contribution in [1.82, 2.24) is 19.7 Å². The molecule has 2 aromatic heterocycles. The number of nitrogens with zero attached hydrogens (tertiary/aromatic N) is 4. The van der Waals surface area contributed by atoms with E-state index in [1.54, 1.807) is 18.3 Å². The molecule has 0 aliphatic rings. The molecule has 0 bridgehead atoms. The number of hydrogen-bond donors (Lipinski definition) is 2. The lowest BCUT2D eigenvalue weighted by Gasteiger charge is -2.07. The Morgan fingerprint density at radius 2 is 1.58 bits per heavy atom. The summed E-state index contributed by atoms with van der Waals surface area (Å²) in [7, 11) is 0. The van der Waals surface area contributed by atoms with E-state index in [2.05, 4.69) is 57.6 Å². The predicted molar refractivity (Wildman–Crippen MR) is 127 cm³/mol. The molecule has 2 aromatic carbocycles. The average Bonchev–Trinajstić information content (AvgIpc) is 3.20. The van der Waals surface area contributed by atoms with Crippen LogP contribution in [0.4, 0.5) is 11.9 Å². The zero-order chi connectivity index (χ0) is 21.6. The SMILES string of the molecule is O=C(c1cccnc1)n1nc(NCc2cccc(Br)c2)nc1NCc1cccc(Br)c1. The second kappa shape index (κ2) is 9.84. The summed E-state index contributed by atoms with van der Waals surface area (Å²) >= 11 is 6.94. The van der Waals surface area contributed by atoms with Gasteiger partial charge in [0.1, 0.15) is 0 Å². The zero-order valence-electron chi connectivity index (χ0n) is 16.3. The van der Waals surface area contributed by atoms with E-state index in [-0.39, 0.29) is 5.91 Å². The second-order valence-electron chi connectivity index (χ2n) is 6.68. The summed E-state index contributed by atoms with van der Waals surface area (Å²) in [4.78, 5) is 21.5. The Bertz CT molecular complexity index is 1200. The summed E-state index contributed by atoms with van der Waals surface area (Å²) in [5.41, 5.74) is 2.53. The van der Waals surface area contributed by atoms with Crippen LogP contribution in [-0.2, 0) is 13.1 Å². The zero-order valence-corrected chi connectivity index (χ0v) is 19.5. The van der Waals surface area contributed by atoms with Crippen molar-refractivity contribution in [3.63, 3.8) is 0 Å². The van der Waals surface area contributed by atoms with E-state index in [1.165, 1.54) is 10.9 Å². The van der Waals surface area contributed by atoms with E-state index in [4.69, 9.17) is 0 Å². The summed E-state index contributed by atoms with van der Waals surface area (Å²) in [5, 5.41) is 10.8. The number of carbonyl (C=O) groups excluding carboxylic acids is 1. The third-order valence-electron chi connectivity index (χ3n) is 4.39. The minimum absolute atomic E-state index is 0.312. The van der Waals surface area contributed by atoms with Crippen LogP contribution in [0.2, 0.25) is 0 Å². The maximum atomic E-state index is 13.0. The van der Waals surface area contributed by atoms with E-state index in [9.17, 15) is 4.79 Å². The lowest BCUT2D eigenvalue weighted by atomic mass is 10.2. The molecule has 2 N–H and O–H groups in total. The molecule has 0 saturated heterocycles. The summed E-state index contributed by atoms with van der Waals surface area (Å²) < 4.78 is 3.24. The number of halogens is 2. The minimum atomic E-state index is -0.312. The lowest BCUT2D eigenvalue weighted by molar-refractivity contribution is 0.0947. The van der Waals surface area contributed by atoms with Gasteiger partial charge in [-0.15, -0.1) is 5.10 Å². The van der Waals surface area contributed by atoms with Crippen molar-refractivity contribution in [1.29, 1.82) is 0 Å². The first kappa shape index (κ1) is 21.2. The Morgan fingerprint density at radius 1 is 0.903 bits per heavy atom. The van der Waals surface area contributed by atoms with Gasteiger partial charge in [-0.1, -0.05) is 56.1 Å². The first-order valence-corrected chi connectivity index (χ1v) is 11.1. The van der Waals surface area contributed by atoms with Crippen molar-refractivity contribution in [2.45, 2.75) is 13.1 Å². The van der Waals surface area contributed by atoms with Crippen LogP contribution in [0.3, 0.4) is 0 Å². The average molecular weight is 542 g/mol. The molecule has 0 radical (unpaired) electrons. The highest BCUT2D eigenvalue weighted by atomic mass is 79.9. The number of pyridine rings is 1. The van der Waals surface area contributed by atoms with Crippen LogP contribution in [0.15, 0.2) is 82.0 Å². The second-order valence-corrected chi connectivity index (χ2v) is 8.52. The van der Waals surface area contributed by atoms with Gasteiger partial charge in [-0.05, 0) is 47.5 Å². The number of hydrogen-bond acceptors (Lipinski definition) is 6. The van der Waals surface area contributed by atoms with Crippen molar-refractivity contribution in [3.05, 3.63) is 98.7 Å². The van der Waals surface area contributed by atoms with Crippen LogP contribution in [0.25, 0.3) is 0 Å². The van der Waals surface area contributed by atoms with Crippen molar-refractivity contribution in [2.24, 2.45) is 0 Å². The maximum absolute atomic E-state index is 13.0. The molecule has 2 heterocycles. The van der Waals surface area contributed by atoms with Gasteiger partial charge in [-0.2, -0.15) is 9.67 Å². The molecule has 0 atom stereocenters. The van der Waals surface area contributed by atoms with Gasteiger partial charge in [0.25, 0.3) is 5.91 Å². The summed E-state index contributed by atoms with van der Waals surface area (Å²) in [6, 6.07) is 19.3. The minimum Gasteiger partial charge on any atom is -0.350 e. The molecule has 0 saturated carbocycles. The first-order chi connectivity index (χ1) is 15.1. The van der Waals surface area contributed by atoms with Gasteiger partial charge in [0.2, 0.25) is 11.9 Å². The molecule has 156 valence electrons. The van der Waals surface area contributed by atoms with Crippen LogP contribution in [0, 0.1) is 0 Å². The molecular formula is C22H18Br2N6O. The first-order valence-electron chi connectivity index (χ1n) is 9.47. The monoisotopic (exact) mass is 540 g/mol. The summed E-state index contributed by atoms with van der Waals surface area (Å²) in [5.74, 6) is 0.396. The molecule has 4 aromatic rings. The maximum Gasteiger partial charge on any atom is 0.283 e. The van der Waals surface area contributed by atoms with Gasteiger partial charge in [0, 0.05) is 34.4 Å². The van der Waals surface area contributed by atoms with Crippen LogP contribution in [0.5, 0.6) is 0 Å². The number of nitrogens with one attached hydrogen (secondary N) is 2. The molecule has 0 unspecified atom stereocenters. The topological polar surface area (TPSA) is 84.7 Å². The predicted octanol–water partition coefficient (Wildman–Crippen LogP) is 5.11. The fourth-order valence-electron chi connectivity index (χ4n) is 2.91. The molecular weight excluding hydrogens is 524 g/mol. The van der Waals surface area contributed by atoms with E-state index < -0.39 is 0 Å². The highest BCUT2D eigenvalue weighted by Gasteiger charge is 2.18. The Morgan fingerprint density at radius 3 is 2.19 bits per heavy atom. The quantitative estimate of drug-likeness (QED) is 0.338. The fourth-order valence-corrected chi connectivity index (χ4v) is 3.80. The Hall–Kier alpha value is -3.04. The van der Waals surface area contributed by atoms with Crippen LogP contribution < -0.4 is 10.6 Å². The number of benzene rings is 2. The standard InChI is InChI=1S/C22H18Br2N6O/c23-18-7-1-4-15(10-18)12-26-21-28-22(27-13-16-5-2-8-19(24)11-16)30(29-21)20(31)17-6-3-9-25-14-17/h1-11,14H,12-13H2,(H2,26,27,28,29). The molecule has 0 amide bonds. The van der Waals surface area contributed by atoms with Gasteiger partial charge in [0.05, 0.1) is 5.56 Å². The molecule has 4 rings (SSSR count). The Balaban J connectivity index is 1.57. The van der Waals surface area contributed by atoms with Crippen molar-refractivity contribution >= 4 is 49.7 Å². The van der Waals surface area contributed by atoms with E-state index in [0.29, 0.717) is 30.5 Å². The lowest BCUT2D eigenvalue weighted by Crippen LogP contribution is -2.17. The van der Waals surface area contributed by atoms with Crippen molar-refractivity contribution < 1.29 is 4.79 Å².